The summed E-state index contributed by atoms with van der Waals surface area (Å²) in [6.07, 6.45) is 2.43. The van der Waals surface area contributed by atoms with E-state index in [1.54, 1.807) is 12.4 Å². The molecule has 0 fully saturated rings. The maximum absolute atomic E-state index is 14.9. The zero-order valence-corrected chi connectivity index (χ0v) is 13.7. The van der Waals surface area contributed by atoms with Crippen molar-refractivity contribution in [2.24, 2.45) is 0 Å². The Morgan fingerprint density at radius 2 is 2.08 bits per heavy atom. The van der Waals surface area contributed by atoms with Crippen molar-refractivity contribution in [2.75, 3.05) is 0 Å². The SMILES string of the molecule is Fc1cccc2c1[C@H]1C[C@H](c3nc4ccc(Cl)cc4n31)n1cnnc1-2. The van der Waals surface area contributed by atoms with Crippen molar-refractivity contribution in [3.05, 3.63) is 65.0 Å². The van der Waals surface area contributed by atoms with E-state index in [1.807, 2.05) is 28.8 Å². The van der Waals surface area contributed by atoms with Crippen LogP contribution in [0.4, 0.5) is 4.39 Å². The maximum atomic E-state index is 14.9. The van der Waals surface area contributed by atoms with Crippen LogP contribution in [0.25, 0.3) is 22.4 Å². The van der Waals surface area contributed by atoms with Crippen molar-refractivity contribution in [2.45, 2.75) is 18.5 Å². The molecule has 4 heterocycles. The lowest BCUT2D eigenvalue weighted by atomic mass is 9.98. The van der Waals surface area contributed by atoms with Gasteiger partial charge in [0.15, 0.2) is 5.82 Å². The molecular formula is C18H11ClFN5. The number of aromatic nitrogens is 5. The van der Waals surface area contributed by atoms with Crippen molar-refractivity contribution in [1.29, 1.82) is 0 Å². The lowest BCUT2D eigenvalue weighted by Crippen LogP contribution is -2.12. The van der Waals surface area contributed by atoms with Gasteiger partial charge in [-0.1, -0.05) is 23.7 Å². The third-order valence-corrected chi connectivity index (χ3v) is 5.51. The van der Waals surface area contributed by atoms with E-state index in [0.29, 0.717) is 16.4 Å². The molecule has 6 rings (SSSR count). The van der Waals surface area contributed by atoms with Gasteiger partial charge in [0.05, 0.1) is 23.1 Å². The molecule has 5 nitrogen and oxygen atoms in total. The van der Waals surface area contributed by atoms with E-state index < -0.39 is 0 Å². The Bertz CT molecular complexity index is 1180. The molecule has 0 unspecified atom stereocenters. The number of rotatable bonds is 0. The third kappa shape index (κ3) is 1.60. The van der Waals surface area contributed by atoms with Crippen LogP contribution in [-0.2, 0) is 0 Å². The molecule has 7 heteroatoms. The highest BCUT2D eigenvalue weighted by molar-refractivity contribution is 6.31. The summed E-state index contributed by atoms with van der Waals surface area (Å²) in [7, 11) is 0. The maximum Gasteiger partial charge on any atom is 0.164 e. The quantitative estimate of drug-likeness (QED) is 0.481. The third-order valence-electron chi connectivity index (χ3n) is 5.27. The van der Waals surface area contributed by atoms with Gasteiger partial charge in [0, 0.05) is 22.6 Å². The monoisotopic (exact) mass is 351 g/mol. The zero-order valence-electron chi connectivity index (χ0n) is 12.9. The van der Waals surface area contributed by atoms with Crippen molar-refractivity contribution in [1.82, 2.24) is 24.3 Å². The number of benzene rings is 2. The molecule has 0 amide bonds. The summed E-state index contributed by atoms with van der Waals surface area (Å²) in [6, 6.07) is 10.6. The molecule has 2 atom stereocenters. The number of hydrogen-bond acceptors (Lipinski definition) is 3. The molecule has 0 N–H and O–H groups in total. The molecule has 0 aliphatic carbocycles. The predicted octanol–water partition coefficient (Wildman–Crippen LogP) is 3.98. The average molecular weight is 352 g/mol. The lowest BCUT2D eigenvalue weighted by Gasteiger charge is -2.18. The van der Waals surface area contributed by atoms with Crippen LogP contribution < -0.4 is 0 Å². The Labute approximate surface area is 146 Å². The van der Waals surface area contributed by atoms with Crippen LogP contribution in [0.1, 0.15) is 29.9 Å². The largest absolute Gasteiger partial charge is 0.318 e. The summed E-state index contributed by atoms with van der Waals surface area (Å²) in [5, 5.41) is 8.96. The average Bonchev–Trinajstić information content (AvgIpc) is 3.26. The van der Waals surface area contributed by atoms with Crippen LogP contribution >= 0.6 is 11.6 Å². The van der Waals surface area contributed by atoms with Gasteiger partial charge >= 0.3 is 0 Å². The Balaban J connectivity index is 1.78. The Morgan fingerprint density at radius 1 is 1.16 bits per heavy atom. The van der Waals surface area contributed by atoms with Gasteiger partial charge in [-0.2, -0.15) is 0 Å². The molecule has 2 aromatic carbocycles. The Hall–Kier alpha value is -2.73. The number of halogens is 2. The van der Waals surface area contributed by atoms with Crippen molar-refractivity contribution >= 4 is 22.6 Å². The highest BCUT2D eigenvalue weighted by atomic mass is 35.5. The topological polar surface area (TPSA) is 48.5 Å². The van der Waals surface area contributed by atoms with Crippen LogP contribution in [-0.4, -0.2) is 24.3 Å². The van der Waals surface area contributed by atoms with Gasteiger partial charge < -0.3 is 9.13 Å². The van der Waals surface area contributed by atoms with Gasteiger partial charge in [0.1, 0.15) is 18.0 Å². The van der Waals surface area contributed by atoms with Gasteiger partial charge in [0.2, 0.25) is 0 Å². The molecule has 2 aliphatic rings. The van der Waals surface area contributed by atoms with Crippen LogP contribution in [0.2, 0.25) is 5.02 Å². The molecule has 2 bridgehead atoms. The van der Waals surface area contributed by atoms with E-state index in [4.69, 9.17) is 16.6 Å². The lowest BCUT2D eigenvalue weighted by molar-refractivity contribution is 0.524. The zero-order chi connectivity index (χ0) is 16.7. The van der Waals surface area contributed by atoms with Gasteiger partial charge in [-0.25, -0.2) is 9.37 Å². The molecule has 0 saturated carbocycles. The van der Waals surface area contributed by atoms with Crippen LogP contribution in [0.3, 0.4) is 0 Å². The molecule has 2 aliphatic heterocycles. The van der Waals surface area contributed by atoms with Gasteiger partial charge in [-0.05, 0) is 24.3 Å². The second-order valence-corrected chi connectivity index (χ2v) is 6.94. The standard InChI is InChI=1S/C18H11ClFN5/c19-9-4-5-12-13(6-9)25-14-7-15(18(25)22-12)24-8-21-23-17(24)10-2-1-3-11(20)16(10)14/h1-6,8,14-15H,7H2/t14-,15-/m1/s1. The second kappa shape index (κ2) is 4.46. The first-order valence-electron chi connectivity index (χ1n) is 8.08. The summed E-state index contributed by atoms with van der Waals surface area (Å²) >= 11 is 6.21. The molecule has 4 aromatic rings. The molecule has 25 heavy (non-hydrogen) atoms. The fourth-order valence-corrected chi connectivity index (χ4v) is 4.46. The van der Waals surface area contributed by atoms with Gasteiger partial charge in [0.25, 0.3) is 0 Å². The van der Waals surface area contributed by atoms with Crippen LogP contribution in [0, 0.1) is 5.82 Å². The highest BCUT2D eigenvalue weighted by Gasteiger charge is 2.42. The predicted molar refractivity (Wildman–Crippen MR) is 91.1 cm³/mol. The van der Waals surface area contributed by atoms with E-state index in [0.717, 1.165) is 28.8 Å². The molecule has 122 valence electrons. The van der Waals surface area contributed by atoms with Crippen molar-refractivity contribution < 1.29 is 4.39 Å². The molecule has 2 aromatic heterocycles. The van der Waals surface area contributed by atoms with Crippen molar-refractivity contribution in [3.63, 3.8) is 0 Å². The number of fused-ring (bicyclic) bond motifs is 6. The van der Waals surface area contributed by atoms with E-state index in [-0.39, 0.29) is 17.9 Å². The number of nitrogens with zero attached hydrogens (tertiary/aromatic N) is 5. The second-order valence-electron chi connectivity index (χ2n) is 6.50. The summed E-state index contributed by atoms with van der Waals surface area (Å²) in [6.45, 7) is 0. The fraction of sp³-hybridized carbons (Fsp3) is 0.167. The molecular weight excluding hydrogens is 341 g/mol. The Morgan fingerprint density at radius 3 is 3.00 bits per heavy atom. The van der Waals surface area contributed by atoms with Gasteiger partial charge in [-0.15, -0.1) is 10.2 Å². The minimum atomic E-state index is -0.227. The fourth-order valence-electron chi connectivity index (χ4n) is 4.29. The minimum Gasteiger partial charge on any atom is -0.318 e. The van der Waals surface area contributed by atoms with Crippen LogP contribution in [0.5, 0.6) is 0 Å². The summed E-state index contributed by atoms with van der Waals surface area (Å²) in [5.74, 6) is 1.37. The first-order chi connectivity index (χ1) is 12.2. The van der Waals surface area contributed by atoms with Crippen molar-refractivity contribution in [3.8, 4) is 11.4 Å². The number of hydrogen-bond donors (Lipinski definition) is 0. The van der Waals surface area contributed by atoms with E-state index in [9.17, 15) is 4.39 Å². The summed E-state index contributed by atoms with van der Waals surface area (Å²) in [5.41, 5.74) is 3.24. The van der Waals surface area contributed by atoms with Crippen LogP contribution in [0.15, 0.2) is 42.7 Å². The summed E-state index contributed by atoms with van der Waals surface area (Å²) in [4.78, 5) is 4.81. The first kappa shape index (κ1) is 13.5. The highest BCUT2D eigenvalue weighted by Crippen LogP contribution is 2.49. The van der Waals surface area contributed by atoms with E-state index >= 15 is 0 Å². The molecule has 0 saturated heterocycles. The van der Waals surface area contributed by atoms with Gasteiger partial charge in [-0.3, -0.25) is 0 Å². The normalized spacial score (nSPS) is 20.2. The number of imidazole rings is 1. The summed E-state index contributed by atoms with van der Waals surface area (Å²) < 4.78 is 19.0. The minimum absolute atomic E-state index is 0.0204. The Kier molecular flexibility index (Phi) is 2.42. The first-order valence-corrected chi connectivity index (χ1v) is 8.46. The van der Waals surface area contributed by atoms with E-state index in [1.165, 1.54) is 6.07 Å². The van der Waals surface area contributed by atoms with E-state index in [2.05, 4.69) is 14.8 Å². The molecule has 0 radical (unpaired) electrons. The smallest absolute Gasteiger partial charge is 0.164 e. The molecule has 0 spiro atoms.